The molecule has 3 heteroatoms. The number of ether oxygens (including phenoxy) is 2. The zero-order valence-electron chi connectivity index (χ0n) is 14.1. The van der Waals surface area contributed by atoms with E-state index in [0.29, 0.717) is 11.3 Å². The van der Waals surface area contributed by atoms with Gasteiger partial charge in [0.15, 0.2) is 0 Å². The first-order chi connectivity index (χ1) is 10.9. The topological polar surface area (TPSA) is 35.5 Å². The summed E-state index contributed by atoms with van der Waals surface area (Å²) in [5.41, 5.74) is 2.60. The minimum Gasteiger partial charge on any atom is -0.496 e. The summed E-state index contributed by atoms with van der Waals surface area (Å²) in [6.45, 7) is 9.50. The second kappa shape index (κ2) is 6.69. The summed E-state index contributed by atoms with van der Waals surface area (Å²) in [4.78, 5) is 12.6. The minimum atomic E-state index is -0.736. The number of methoxy groups -OCH3 is 1. The van der Waals surface area contributed by atoms with Crippen molar-refractivity contribution in [3.05, 3.63) is 71.3 Å². The van der Waals surface area contributed by atoms with Gasteiger partial charge in [-0.25, -0.2) is 4.79 Å². The van der Waals surface area contributed by atoms with Crippen LogP contribution in [0.5, 0.6) is 5.75 Å². The monoisotopic (exact) mass is 310 g/mol. The molecule has 120 valence electrons. The first-order valence-electron chi connectivity index (χ1n) is 7.48. The third-order valence-electron chi connectivity index (χ3n) is 3.77. The van der Waals surface area contributed by atoms with E-state index in [2.05, 4.69) is 6.58 Å². The maximum atomic E-state index is 12.6. The Kier molecular flexibility index (Phi) is 4.89. The Labute approximate surface area is 137 Å². The molecule has 0 N–H and O–H groups in total. The van der Waals surface area contributed by atoms with Gasteiger partial charge in [0, 0.05) is 0 Å². The van der Waals surface area contributed by atoms with Crippen LogP contribution in [0, 0.1) is 6.92 Å². The largest absolute Gasteiger partial charge is 0.496 e. The molecule has 0 radical (unpaired) electrons. The number of carbonyl (C=O) groups is 1. The molecular formula is C20H22O3. The second-order valence-corrected chi connectivity index (χ2v) is 5.93. The fraction of sp³-hybridized carbons (Fsp3) is 0.250. The summed E-state index contributed by atoms with van der Waals surface area (Å²) in [6, 6.07) is 13.3. The molecule has 3 nitrogen and oxygen atoms in total. The summed E-state index contributed by atoms with van der Waals surface area (Å²) in [6.07, 6.45) is 1.68. The Bertz CT molecular complexity index is 712. The average Bonchev–Trinajstić information content (AvgIpc) is 2.54. The lowest BCUT2D eigenvalue weighted by molar-refractivity contribution is -0.00341. The zero-order chi connectivity index (χ0) is 17.0. The number of aryl methyl sites for hydroxylation is 1. The predicted octanol–water partition coefficient (Wildman–Crippen LogP) is 4.74. The van der Waals surface area contributed by atoms with E-state index in [4.69, 9.17) is 9.47 Å². The molecule has 0 aliphatic heterocycles. The number of benzene rings is 2. The van der Waals surface area contributed by atoms with Crippen molar-refractivity contribution in [3.63, 3.8) is 0 Å². The van der Waals surface area contributed by atoms with E-state index in [-0.39, 0.29) is 0 Å². The van der Waals surface area contributed by atoms with Crippen LogP contribution in [-0.2, 0) is 10.3 Å². The van der Waals surface area contributed by atoms with E-state index < -0.39 is 11.6 Å². The standard InChI is InChI=1S/C20H22O3/c1-6-15-9-12-18(22-5)17(13-15)19(21)23-20(3,4)16-10-7-14(2)8-11-16/h6-13H,1H2,2-5H3. The Balaban J connectivity index is 2.30. The number of hydrogen-bond acceptors (Lipinski definition) is 3. The fourth-order valence-corrected chi connectivity index (χ4v) is 2.31. The van der Waals surface area contributed by atoms with Crippen molar-refractivity contribution in [1.29, 1.82) is 0 Å². The third kappa shape index (κ3) is 3.81. The van der Waals surface area contributed by atoms with E-state index in [1.165, 1.54) is 7.11 Å². The number of carbonyl (C=O) groups excluding carboxylic acids is 1. The smallest absolute Gasteiger partial charge is 0.342 e. The molecule has 0 amide bonds. The molecule has 0 aliphatic rings. The van der Waals surface area contributed by atoms with Crippen LogP contribution in [0.2, 0.25) is 0 Å². The predicted molar refractivity (Wildman–Crippen MR) is 92.7 cm³/mol. The van der Waals surface area contributed by atoms with Crippen molar-refractivity contribution in [2.24, 2.45) is 0 Å². The summed E-state index contributed by atoms with van der Waals surface area (Å²) < 4.78 is 11.0. The molecule has 23 heavy (non-hydrogen) atoms. The summed E-state index contributed by atoms with van der Waals surface area (Å²) in [5.74, 6) is 0.0661. The molecular weight excluding hydrogens is 288 g/mol. The van der Waals surface area contributed by atoms with E-state index in [9.17, 15) is 4.79 Å². The zero-order valence-corrected chi connectivity index (χ0v) is 14.1. The van der Waals surface area contributed by atoms with Gasteiger partial charge in [0.25, 0.3) is 0 Å². The van der Waals surface area contributed by atoms with Gasteiger partial charge >= 0.3 is 5.97 Å². The Hall–Kier alpha value is -2.55. The van der Waals surface area contributed by atoms with Crippen molar-refractivity contribution < 1.29 is 14.3 Å². The molecule has 0 bridgehead atoms. The lowest BCUT2D eigenvalue weighted by atomic mass is 9.97. The highest BCUT2D eigenvalue weighted by Crippen LogP contribution is 2.29. The molecule has 0 aliphatic carbocycles. The van der Waals surface area contributed by atoms with Crippen LogP contribution in [-0.4, -0.2) is 13.1 Å². The van der Waals surface area contributed by atoms with Gasteiger partial charge in [0.2, 0.25) is 0 Å². The lowest BCUT2D eigenvalue weighted by Gasteiger charge is -2.26. The number of rotatable bonds is 5. The molecule has 0 aromatic heterocycles. The molecule has 0 saturated carbocycles. The molecule has 2 rings (SSSR count). The van der Waals surface area contributed by atoms with Gasteiger partial charge in [-0.15, -0.1) is 0 Å². The van der Waals surface area contributed by atoms with Gasteiger partial charge in [-0.3, -0.25) is 0 Å². The Morgan fingerprint density at radius 3 is 2.35 bits per heavy atom. The van der Waals surface area contributed by atoms with Gasteiger partial charge in [-0.05, 0) is 44.0 Å². The maximum absolute atomic E-state index is 12.6. The van der Waals surface area contributed by atoms with E-state index in [1.807, 2.05) is 51.1 Å². The highest BCUT2D eigenvalue weighted by Gasteiger charge is 2.27. The summed E-state index contributed by atoms with van der Waals surface area (Å²) >= 11 is 0. The molecule has 2 aromatic rings. The van der Waals surface area contributed by atoms with Crippen LogP contribution in [0.1, 0.15) is 40.9 Å². The Morgan fingerprint density at radius 1 is 1.13 bits per heavy atom. The maximum Gasteiger partial charge on any atom is 0.342 e. The van der Waals surface area contributed by atoms with Gasteiger partial charge in [0.05, 0.1) is 7.11 Å². The molecule has 0 saturated heterocycles. The molecule has 0 spiro atoms. The van der Waals surface area contributed by atoms with Gasteiger partial charge in [-0.1, -0.05) is 48.6 Å². The third-order valence-corrected chi connectivity index (χ3v) is 3.77. The van der Waals surface area contributed by atoms with Crippen LogP contribution in [0.15, 0.2) is 49.0 Å². The van der Waals surface area contributed by atoms with E-state index in [1.54, 1.807) is 18.2 Å². The van der Waals surface area contributed by atoms with Crippen molar-refractivity contribution in [2.75, 3.05) is 7.11 Å². The van der Waals surface area contributed by atoms with Crippen LogP contribution in [0.25, 0.3) is 6.08 Å². The summed E-state index contributed by atoms with van der Waals surface area (Å²) in [5, 5.41) is 0. The first kappa shape index (κ1) is 16.8. The molecule has 0 fully saturated rings. The van der Waals surface area contributed by atoms with Gasteiger partial charge in [0.1, 0.15) is 16.9 Å². The van der Waals surface area contributed by atoms with E-state index in [0.717, 1.165) is 16.7 Å². The van der Waals surface area contributed by atoms with Crippen LogP contribution < -0.4 is 4.74 Å². The minimum absolute atomic E-state index is 0.394. The van der Waals surface area contributed by atoms with Crippen LogP contribution in [0.3, 0.4) is 0 Å². The van der Waals surface area contributed by atoms with Crippen molar-refractivity contribution >= 4 is 12.0 Å². The van der Waals surface area contributed by atoms with Crippen molar-refractivity contribution in [1.82, 2.24) is 0 Å². The van der Waals surface area contributed by atoms with Crippen molar-refractivity contribution in [2.45, 2.75) is 26.4 Å². The SMILES string of the molecule is C=Cc1ccc(OC)c(C(=O)OC(C)(C)c2ccc(C)cc2)c1. The van der Waals surface area contributed by atoms with Crippen LogP contribution in [0.4, 0.5) is 0 Å². The number of hydrogen-bond donors (Lipinski definition) is 0. The average molecular weight is 310 g/mol. The van der Waals surface area contributed by atoms with Crippen molar-refractivity contribution in [3.8, 4) is 5.75 Å². The molecule has 2 aromatic carbocycles. The molecule has 0 unspecified atom stereocenters. The van der Waals surface area contributed by atoms with Crippen LogP contribution >= 0.6 is 0 Å². The fourth-order valence-electron chi connectivity index (χ4n) is 2.31. The molecule has 0 atom stereocenters. The Morgan fingerprint density at radius 2 is 1.78 bits per heavy atom. The lowest BCUT2D eigenvalue weighted by Crippen LogP contribution is -2.26. The second-order valence-electron chi connectivity index (χ2n) is 5.93. The molecule has 0 heterocycles. The first-order valence-corrected chi connectivity index (χ1v) is 7.48. The normalized spacial score (nSPS) is 11.0. The highest BCUT2D eigenvalue weighted by molar-refractivity contribution is 5.93. The number of esters is 1. The summed E-state index contributed by atoms with van der Waals surface area (Å²) in [7, 11) is 1.53. The quantitative estimate of drug-likeness (QED) is 0.748. The van der Waals surface area contributed by atoms with E-state index >= 15 is 0 Å². The van der Waals surface area contributed by atoms with Gasteiger partial charge < -0.3 is 9.47 Å². The van der Waals surface area contributed by atoms with Gasteiger partial charge in [-0.2, -0.15) is 0 Å². The highest BCUT2D eigenvalue weighted by atomic mass is 16.6.